The second-order valence-corrected chi connectivity index (χ2v) is 6.06. The van der Waals surface area contributed by atoms with Crippen molar-refractivity contribution in [3.63, 3.8) is 0 Å². The van der Waals surface area contributed by atoms with E-state index >= 15 is 0 Å². The first-order valence-corrected chi connectivity index (χ1v) is 7.87. The van der Waals surface area contributed by atoms with E-state index in [1.54, 1.807) is 11.8 Å². The first kappa shape index (κ1) is 15.8. The molecule has 2 aliphatic heterocycles. The number of amides is 1. The quantitative estimate of drug-likeness (QED) is 0.874. The lowest BCUT2D eigenvalue weighted by molar-refractivity contribution is 0.0479. The second kappa shape index (κ2) is 6.57. The monoisotopic (exact) mass is 323 g/mol. The maximum absolute atomic E-state index is 12.2. The Morgan fingerprint density at radius 2 is 2.26 bits per heavy atom. The number of carboxylic acid groups (broad SMARTS) is 1. The number of ether oxygens (including phenoxy) is 2. The molecule has 2 aliphatic rings. The lowest BCUT2D eigenvalue weighted by Crippen LogP contribution is -2.41. The zero-order chi connectivity index (χ0) is 16.4. The molecule has 2 fully saturated rings. The van der Waals surface area contributed by atoms with Crippen LogP contribution in [0.5, 0.6) is 0 Å². The molecule has 0 spiro atoms. The molecule has 2 saturated heterocycles. The van der Waals surface area contributed by atoms with E-state index in [9.17, 15) is 9.59 Å². The number of hydrogen-bond acceptors (Lipinski definition) is 5. The fourth-order valence-electron chi connectivity index (χ4n) is 3.07. The second-order valence-electron chi connectivity index (χ2n) is 6.06. The standard InChI is InChI=1S/C15H21N3O5/c1-9-12(14(19)20)17-13(16-9)10-3-2-5-18(7-10)15(21)23-11-4-6-22-8-11/h10-11H,2-8H2,1H3,(H,16,17)(H,19,20). The SMILES string of the molecule is Cc1[nH]c(C2CCCN(C(=O)OC3CCOC3)C2)nc1C(=O)O. The molecular weight excluding hydrogens is 302 g/mol. The number of aryl methyl sites for hydroxylation is 1. The zero-order valence-electron chi connectivity index (χ0n) is 13.1. The van der Waals surface area contributed by atoms with Gasteiger partial charge in [0.2, 0.25) is 0 Å². The van der Waals surface area contributed by atoms with Crippen LogP contribution in [0.4, 0.5) is 4.79 Å². The minimum Gasteiger partial charge on any atom is -0.476 e. The Morgan fingerprint density at radius 3 is 2.91 bits per heavy atom. The van der Waals surface area contributed by atoms with Crippen molar-refractivity contribution in [1.29, 1.82) is 0 Å². The van der Waals surface area contributed by atoms with Gasteiger partial charge in [0.25, 0.3) is 0 Å². The van der Waals surface area contributed by atoms with Crippen molar-refractivity contribution < 1.29 is 24.2 Å². The third kappa shape index (κ3) is 3.47. The van der Waals surface area contributed by atoms with Crippen molar-refractivity contribution in [1.82, 2.24) is 14.9 Å². The summed E-state index contributed by atoms with van der Waals surface area (Å²) < 4.78 is 10.6. The lowest BCUT2D eigenvalue weighted by atomic mass is 9.98. The molecule has 0 aliphatic carbocycles. The Balaban J connectivity index is 1.64. The highest BCUT2D eigenvalue weighted by atomic mass is 16.6. The molecule has 0 bridgehead atoms. The van der Waals surface area contributed by atoms with E-state index in [0.29, 0.717) is 37.8 Å². The first-order valence-electron chi connectivity index (χ1n) is 7.87. The van der Waals surface area contributed by atoms with Crippen molar-refractivity contribution in [2.45, 2.75) is 38.2 Å². The summed E-state index contributed by atoms with van der Waals surface area (Å²) in [5, 5.41) is 9.10. The summed E-state index contributed by atoms with van der Waals surface area (Å²) in [5.41, 5.74) is 0.582. The average Bonchev–Trinajstić information content (AvgIpc) is 3.17. The van der Waals surface area contributed by atoms with Crippen LogP contribution >= 0.6 is 0 Å². The van der Waals surface area contributed by atoms with Crippen molar-refractivity contribution >= 4 is 12.1 Å². The predicted molar refractivity (Wildman–Crippen MR) is 79.5 cm³/mol. The van der Waals surface area contributed by atoms with Crippen LogP contribution in [0.15, 0.2) is 0 Å². The number of aromatic nitrogens is 2. The molecule has 126 valence electrons. The highest BCUT2D eigenvalue weighted by molar-refractivity contribution is 5.86. The summed E-state index contributed by atoms with van der Waals surface area (Å²) in [6, 6.07) is 0. The molecule has 8 heteroatoms. The van der Waals surface area contributed by atoms with Gasteiger partial charge in [-0.05, 0) is 19.8 Å². The third-order valence-corrected chi connectivity index (χ3v) is 4.33. The van der Waals surface area contributed by atoms with Gasteiger partial charge in [-0.1, -0.05) is 0 Å². The number of nitrogens with one attached hydrogen (secondary N) is 1. The van der Waals surface area contributed by atoms with Gasteiger partial charge in [-0.15, -0.1) is 0 Å². The number of imidazole rings is 1. The Bertz CT molecular complexity index is 594. The van der Waals surface area contributed by atoms with E-state index < -0.39 is 5.97 Å². The number of carbonyl (C=O) groups excluding carboxylic acids is 1. The minimum absolute atomic E-state index is 0.00271. The van der Waals surface area contributed by atoms with Gasteiger partial charge < -0.3 is 24.5 Å². The molecule has 3 rings (SSSR count). The van der Waals surface area contributed by atoms with Crippen LogP contribution in [-0.2, 0) is 9.47 Å². The maximum Gasteiger partial charge on any atom is 0.410 e. The van der Waals surface area contributed by atoms with Crippen molar-refractivity contribution in [2.75, 3.05) is 26.3 Å². The van der Waals surface area contributed by atoms with Gasteiger partial charge in [0.15, 0.2) is 5.69 Å². The number of carboxylic acids is 1. The highest BCUT2D eigenvalue weighted by Crippen LogP contribution is 2.26. The number of likely N-dealkylation sites (tertiary alicyclic amines) is 1. The summed E-state index contributed by atoms with van der Waals surface area (Å²) in [6.07, 6.45) is 1.95. The third-order valence-electron chi connectivity index (χ3n) is 4.33. The number of hydrogen-bond donors (Lipinski definition) is 2. The molecule has 0 radical (unpaired) electrons. The lowest BCUT2D eigenvalue weighted by Gasteiger charge is -2.31. The Kier molecular flexibility index (Phi) is 4.51. The molecule has 1 amide bonds. The molecule has 8 nitrogen and oxygen atoms in total. The van der Waals surface area contributed by atoms with Crippen LogP contribution in [0.2, 0.25) is 0 Å². The molecule has 0 saturated carbocycles. The number of rotatable bonds is 3. The van der Waals surface area contributed by atoms with E-state index in [2.05, 4.69) is 9.97 Å². The summed E-state index contributed by atoms with van der Waals surface area (Å²) in [5.74, 6) is -0.414. The number of nitrogens with zero attached hydrogens (tertiary/aromatic N) is 2. The van der Waals surface area contributed by atoms with Crippen LogP contribution < -0.4 is 0 Å². The molecule has 3 heterocycles. The van der Waals surface area contributed by atoms with E-state index in [-0.39, 0.29) is 23.8 Å². The van der Waals surface area contributed by atoms with Crippen LogP contribution in [-0.4, -0.2) is 64.4 Å². The van der Waals surface area contributed by atoms with Gasteiger partial charge in [0.05, 0.1) is 13.2 Å². The number of H-pyrrole nitrogens is 1. The van der Waals surface area contributed by atoms with Crippen LogP contribution in [0.1, 0.15) is 47.2 Å². The molecule has 1 aromatic heterocycles. The van der Waals surface area contributed by atoms with E-state index in [1.165, 1.54) is 0 Å². The molecule has 0 aromatic carbocycles. The average molecular weight is 323 g/mol. The smallest absolute Gasteiger partial charge is 0.410 e. The van der Waals surface area contributed by atoms with Gasteiger partial charge in [-0.2, -0.15) is 0 Å². The molecule has 2 N–H and O–H groups in total. The highest BCUT2D eigenvalue weighted by Gasteiger charge is 2.30. The molecule has 23 heavy (non-hydrogen) atoms. The molecule has 2 atom stereocenters. The summed E-state index contributed by atoms with van der Waals surface area (Å²) in [4.78, 5) is 32.2. The van der Waals surface area contributed by atoms with Crippen molar-refractivity contribution in [3.8, 4) is 0 Å². The molecule has 2 unspecified atom stereocenters. The minimum atomic E-state index is -1.04. The largest absolute Gasteiger partial charge is 0.476 e. The Hall–Kier alpha value is -2.09. The normalized spacial score (nSPS) is 24.7. The Labute approximate surface area is 133 Å². The van der Waals surface area contributed by atoms with Gasteiger partial charge in [0.1, 0.15) is 11.9 Å². The van der Waals surface area contributed by atoms with Gasteiger partial charge >= 0.3 is 12.1 Å². The first-order chi connectivity index (χ1) is 11.0. The maximum atomic E-state index is 12.2. The zero-order valence-corrected chi connectivity index (χ0v) is 13.1. The number of aromatic carboxylic acids is 1. The van der Waals surface area contributed by atoms with E-state index in [4.69, 9.17) is 14.6 Å². The molecule has 1 aromatic rings. The van der Waals surface area contributed by atoms with Crippen LogP contribution in [0.3, 0.4) is 0 Å². The number of carbonyl (C=O) groups is 2. The Morgan fingerprint density at radius 1 is 1.43 bits per heavy atom. The summed E-state index contributed by atoms with van der Waals surface area (Å²) in [7, 11) is 0. The van der Waals surface area contributed by atoms with Gasteiger partial charge in [0, 0.05) is 31.1 Å². The summed E-state index contributed by atoms with van der Waals surface area (Å²) >= 11 is 0. The van der Waals surface area contributed by atoms with E-state index in [0.717, 1.165) is 19.3 Å². The van der Waals surface area contributed by atoms with Crippen LogP contribution in [0.25, 0.3) is 0 Å². The van der Waals surface area contributed by atoms with E-state index in [1.807, 2.05) is 0 Å². The number of aromatic amines is 1. The topological polar surface area (TPSA) is 105 Å². The fourth-order valence-corrected chi connectivity index (χ4v) is 3.07. The van der Waals surface area contributed by atoms with Crippen molar-refractivity contribution in [2.24, 2.45) is 0 Å². The van der Waals surface area contributed by atoms with Crippen LogP contribution in [0, 0.1) is 6.92 Å². The van der Waals surface area contributed by atoms with Gasteiger partial charge in [-0.25, -0.2) is 14.6 Å². The fraction of sp³-hybridized carbons (Fsp3) is 0.667. The summed E-state index contributed by atoms with van der Waals surface area (Å²) in [6.45, 7) is 3.91. The number of piperidine rings is 1. The van der Waals surface area contributed by atoms with Crippen molar-refractivity contribution in [3.05, 3.63) is 17.2 Å². The predicted octanol–water partition coefficient (Wildman–Crippen LogP) is 1.52. The van der Waals surface area contributed by atoms with Gasteiger partial charge in [-0.3, -0.25) is 0 Å². The molecular formula is C15H21N3O5.